The molecule has 2 N–H and O–H groups in total. The molecule has 1 aromatic rings. The van der Waals surface area contributed by atoms with Crippen molar-refractivity contribution in [1.82, 2.24) is 9.80 Å². The number of likely N-dealkylation sites (tertiary alicyclic amines) is 1. The summed E-state index contributed by atoms with van der Waals surface area (Å²) in [5.74, 6) is -0.0129. The first-order chi connectivity index (χ1) is 9.08. The highest BCUT2D eigenvalue weighted by Gasteiger charge is 2.16. The number of nitrogens with zero attached hydrogens (tertiary/aromatic N) is 2. The molecule has 0 bridgehead atoms. The minimum absolute atomic E-state index is 0.0129. The Morgan fingerprint density at radius 1 is 1.42 bits per heavy atom. The maximum absolute atomic E-state index is 12.2. The molecular weight excluding hydrogens is 262 g/mol. The van der Waals surface area contributed by atoms with Crippen LogP contribution in [-0.2, 0) is 0 Å². The summed E-state index contributed by atoms with van der Waals surface area (Å²) in [6.45, 7) is 3.97. The number of hydrogen-bond acceptors (Lipinski definition) is 3. The molecule has 0 spiro atoms. The number of anilines is 1. The summed E-state index contributed by atoms with van der Waals surface area (Å²) in [6.07, 6.45) is 2.54. The second-order valence-corrected chi connectivity index (χ2v) is 5.42. The molecule has 1 fully saturated rings. The highest BCUT2D eigenvalue weighted by molar-refractivity contribution is 6.33. The molecule has 1 aliphatic rings. The standard InChI is InChI=1S/C14H20ClN3O/c1-17(8-9-18-6-2-3-7-18)14(19)11-4-5-13(16)12(15)10-11/h4-5,10H,2-3,6-9,16H2,1H3. The first kappa shape index (κ1) is 14.2. The highest BCUT2D eigenvalue weighted by atomic mass is 35.5. The predicted molar refractivity (Wildman–Crippen MR) is 78.5 cm³/mol. The van der Waals surface area contributed by atoms with E-state index in [1.807, 2.05) is 7.05 Å². The van der Waals surface area contributed by atoms with Crippen LogP contribution < -0.4 is 5.73 Å². The number of hydrogen-bond donors (Lipinski definition) is 1. The molecule has 1 aliphatic heterocycles. The van der Waals surface area contributed by atoms with Crippen LogP contribution in [0.3, 0.4) is 0 Å². The SMILES string of the molecule is CN(CCN1CCCC1)C(=O)c1ccc(N)c(Cl)c1. The lowest BCUT2D eigenvalue weighted by atomic mass is 10.2. The Kier molecular flexibility index (Phi) is 4.66. The normalized spacial score (nSPS) is 15.7. The second-order valence-electron chi connectivity index (χ2n) is 5.01. The fourth-order valence-corrected chi connectivity index (χ4v) is 2.46. The fourth-order valence-electron chi connectivity index (χ4n) is 2.28. The lowest BCUT2D eigenvalue weighted by molar-refractivity contribution is 0.0782. The summed E-state index contributed by atoms with van der Waals surface area (Å²) >= 11 is 5.94. The third-order valence-electron chi connectivity index (χ3n) is 3.54. The van der Waals surface area contributed by atoms with Gasteiger partial charge >= 0.3 is 0 Å². The average Bonchev–Trinajstić information content (AvgIpc) is 2.91. The number of likely N-dealkylation sites (N-methyl/N-ethyl adjacent to an activating group) is 1. The number of nitrogen functional groups attached to an aromatic ring is 1. The van der Waals surface area contributed by atoms with E-state index in [0.29, 0.717) is 16.3 Å². The van der Waals surface area contributed by atoms with Crippen molar-refractivity contribution in [3.05, 3.63) is 28.8 Å². The van der Waals surface area contributed by atoms with E-state index in [9.17, 15) is 4.79 Å². The van der Waals surface area contributed by atoms with Gasteiger partial charge < -0.3 is 15.5 Å². The average molecular weight is 282 g/mol. The number of amides is 1. The summed E-state index contributed by atoms with van der Waals surface area (Å²) in [6, 6.07) is 5.02. The molecule has 2 rings (SSSR count). The molecule has 1 saturated heterocycles. The molecule has 1 aromatic carbocycles. The van der Waals surface area contributed by atoms with E-state index < -0.39 is 0 Å². The van der Waals surface area contributed by atoms with Crippen LogP contribution in [0.25, 0.3) is 0 Å². The largest absolute Gasteiger partial charge is 0.398 e. The maximum atomic E-state index is 12.2. The Hall–Kier alpha value is -1.26. The van der Waals surface area contributed by atoms with Crippen LogP contribution in [0.2, 0.25) is 5.02 Å². The summed E-state index contributed by atoms with van der Waals surface area (Å²) < 4.78 is 0. The maximum Gasteiger partial charge on any atom is 0.253 e. The minimum Gasteiger partial charge on any atom is -0.398 e. The Morgan fingerprint density at radius 2 is 2.11 bits per heavy atom. The monoisotopic (exact) mass is 281 g/mol. The van der Waals surface area contributed by atoms with Gasteiger partial charge in [0.2, 0.25) is 0 Å². The van der Waals surface area contributed by atoms with Crippen LogP contribution >= 0.6 is 11.6 Å². The molecule has 0 saturated carbocycles. The Bertz CT molecular complexity index is 458. The van der Waals surface area contributed by atoms with E-state index in [1.165, 1.54) is 12.8 Å². The number of benzene rings is 1. The van der Waals surface area contributed by atoms with Gasteiger partial charge in [-0.3, -0.25) is 4.79 Å². The Morgan fingerprint density at radius 3 is 2.74 bits per heavy atom. The molecule has 4 nitrogen and oxygen atoms in total. The molecule has 0 unspecified atom stereocenters. The number of halogens is 1. The van der Waals surface area contributed by atoms with Gasteiger partial charge in [0.15, 0.2) is 0 Å². The van der Waals surface area contributed by atoms with Crippen molar-refractivity contribution in [2.45, 2.75) is 12.8 Å². The highest BCUT2D eigenvalue weighted by Crippen LogP contribution is 2.20. The van der Waals surface area contributed by atoms with Crippen molar-refractivity contribution in [3.8, 4) is 0 Å². The van der Waals surface area contributed by atoms with E-state index >= 15 is 0 Å². The van der Waals surface area contributed by atoms with E-state index in [-0.39, 0.29) is 5.91 Å². The number of rotatable bonds is 4. The Labute approximate surface area is 119 Å². The van der Waals surface area contributed by atoms with E-state index in [2.05, 4.69) is 4.90 Å². The van der Waals surface area contributed by atoms with Crippen molar-refractivity contribution in [2.75, 3.05) is 39.0 Å². The van der Waals surface area contributed by atoms with Gasteiger partial charge in [-0.2, -0.15) is 0 Å². The van der Waals surface area contributed by atoms with Gasteiger partial charge in [-0.05, 0) is 44.1 Å². The van der Waals surface area contributed by atoms with Gasteiger partial charge in [-0.15, -0.1) is 0 Å². The van der Waals surface area contributed by atoms with E-state index in [0.717, 1.165) is 26.2 Å². The zero-order chi connectivity index (χ0) is 13.8. The molecule has 104 valence electrons. The summed E-state index contributed by atoms with van der Waals surface area (Å²) in [5, 5.41) is 0.429. The fraction of sp³-hybridized carbons (Fsp3) is 0.500. The topological polar surface area (TPSA) is 49.6 Å². The van der Waals surface area contributed by atoms with Gasteiger partial charge in [0.1, 0.15) is 0 Å². The summed E-state index contributed by atoms with van der Waals surface area (Å²) in [5.41, 5.74) is 6.73. The quantitative estimate of drug-likeness (QED) is 0.860. The van der Waals surface area contributed by atoms with Crippen LogP contribution in [0.1, 0.15) is 23.2 Å². The zero-order valence-electron chi connectivity index (χ0n) is 11.2. The number of nitrogens with two attached hydrogens (primary N) is 1. The molecule has 0 aromatic heterocycles. The predicted octanol–water partition coefficient (Wildman–Crippen LogP) is 2.09. The molecule has 1 amide bonds. The molecular formula is C14H20ClN3O. The van der Waals surface area contributed by atoms with Crippen LogP contribution in [0, 0.1) is 0 Å². The molecule has 1 heterocycles. The van der Waals surface area contributed by atoms with Crippen LogP contribution in [0.15, 0.2) is 18.2 Å². The van der Waals surface area contributed by atoms with Gasteiger partial charge in [0.25, 0.3) is 5.91 Å². The minimum atomic E-state index is -0.0129. The zero-order valence-corrected chi connectivity index (χ0v) is 12.0. The first-order valence-corrected chi connectivity index (χ1v) is 6.98. The second kappa shape index (κ2) is 6.26. The van der Waals surface area contributed by atoms with Crippen molar-refractivity contribution < 1.29 is 4.79 Å². The molecule has 0 radical (unpaired) electrons. The van der Waals surface area contributed by atoms with Gasteiger partial charge in [-0.25, -0.2) is 0 Å². The number of carbonyl (C=O) groups is 1. The van der Waals surface area contributed by atoms with Crippen LogP contribution in [0.5, 0.6) is 0 Å². The summed E-state index contributed by atoms with van der Waals surface area (Å²) in [4.78, 5) is 16.3. The van der Waals surface area contributed by atoms with Gasteiger partial charge in [0, 0.05) is 25.7 Å². The lowest BCUT2D eigenvalue weighted by Crippen LogP contribution is -2.35. The third kappa shape index (κ3) is 3.61. The summed E-state index contributed by atoms with van der Waals surface area (Å²) in [7, 11) is 1.82. The first-order valence-electron chi connectivity index (χ1n) is 6.61. The van der Waals surface area contributed by atoms with Crippen LogP contribution in [-0.4, -0.2) is 48.9 Å². The molecule has 19 heavy (non-hydrogen) atoms. The third-order valence-corrected chi connectivity index (χ3v) is 3.87. The van der Waals surface area contributed by atoms with E-state index in [4.69, 9.17) is 17.3 Å². The van der Waals surface area contributed by atoms with Gasteiger partial charge in [0.05, 0.1) is 10.7 Å². The molecule has 0 atom stereocenters. The van der Waals surface area contributed by atoms with Crippen LogP contribution in [0.4, 0.5) is 5.69 Å². The molecule has 0 aliphatic carbocycles. The van der Waals surface area contributed by atoms with E-state index in [1.54, 1.807) is 23.1 Å². The lowest BCUT2D eigenvalue weighted by Gasteiger charge is -2.21. The van der Waals surface area contributed by atoms with Crippen molar-refractivity contribution in [1.29, 1.82) is 0 Å². The Balaban J connectivity index is 1.92. The molecule has 5 heteroatoms. The van der Waals surface area contributed by atoms with Gasteiger partial charge in [-0.1, -0.05) is 11.6 Å². The van der Waals surface area contributed by atoms with Crippen molar-refractivity contribution in [2.24, 2.45) is 0 Å². The van der Waals surface area contributed by atoms with Crippen molar-refractivity contribution >= 4 is 23.2 Å². The van der Waals surface area contributed by atoms with Crippen molar-refractivity contribution in [3.63, 3.8) is 0 Å². The number of carbonyl (C=O) groups excluding carboxylic acids is 1. The smallest absolute Gasteiger partial charge is 0.253 e.